The quantitative estimate of drug-likeness (QED) is 0.457. The van der Waals surface area contributed by atoms with E-state index >= 15 is 0 Å². The lowest BCUT2D eigenvalue weighted by Crippen LogP contribution is -2.37. The SMILES string of the molecule is Cc1cccc(CCC(Cc2ccc(I)cc2)NN)c1. The highest BCUT2D eigenvalue weighted by Gasteiger charge is 2.08. The number of nitrogens with two attached hydrogens (primary N) is 1. The summed E-state index contributed by atoms with van der Waals surface area (Å²) in [5, 5.41) is 0. The number of benzene rings is 2. The molecular weight excluding hydrogens is 359 g/mol. The topological polar surface area (TPSA) is 38.0 Å². The molecule has 0 aromatic heterocycles. The minimum absolute atomic E-state index is 0.315. The summed E-state index contributed by atoms with van der Waals surface area (Å²) in [6.07, 6.45) is 3.08. The van der Waals surface area contributed by atoms with Gasteiger partial charge in [-0.3, -0.25) is 11.3 Å². The minimum Gasteiger partial charge on any atom is -0.271 e. The molecule has 0 aliphatic rings. The molecule has 0 aliphatic carbocycles. The third-order valence-corrected chi connectivity index (χ3v) is 4.21. The van der Waals surface area contributed by atoms with E-state index in [4.69, 9.17) is 5.84 Å². The number of hydrogen-bond acceptors (Lipinski definition) is 2. The zero-order valence-corrected chi connectivity index (χ0v) is 13.9. The summed E-state index contributed by atoms with van der Waals surface area (Å²) in [6, 6.07) is 17.6. The molecule has 1 unspecified atom stereocenters. The molecule has 3 N–H and O–H groups in total. The molecule has 0 spiro atoms. The molecule has 2 nitrogen and oxygen atoms in total. The van der Waals surface area contributed by atoms with Crippen molar-refractivity contribution in [1.29, 1.82) is 0 Å². The van der Waals surface area contributed by atoms with E-state index < -0.39 is 0 Å². The van der Waals surface area contributed by atoms with Crippen LogP contribution in [-0.4, -0.2) is 6.04 Å². The van der Waals surface area contributed by atoms with Crippen LogP contribution in [0.5, 0.6) is 0 Å². The Kier molecular flexibility index (Phi) is 6.01. The van der Waals surface area contributed by atoms with Crippen LogP contribution in [-0.2, 0) is 12.8 Å². The van der Waals surface area contributed by atoms with Gasteiger partial charge in [-0.25, -0.2) is 0 Å². The highest BCUT2D eigenvalue weighted by molar-refractivity contribution is 14.1. The van der Waals surface area contributed by atoms with Crippen molar-refractivity contribution in [3.8, 4) is 0 Å². The number of nitrogens with one attached hydrogen (secondary N) is 1. The molecule has 106 valence electrons. The molecule has 0 amide bonds. The van der Waals surface area contributed by atoms with Crippen molar-refractivity contribution in [2.75, 3.05) is 0 Å². The summed E-state index contributed by atoms with van der Waals surface area (Å²) in [7, 11) is 0. The van der Waals surface area contributed by atoms with Crippen molar-refractivity contribution < 1.29 is 0 Å². The van der Waals surface area contributed by atoms with Gasteiger partial charge < -0.3 is 0 Å². The van der Waals surface area contributed by atoms with E-state index in [0.717, 1.165) is 19.3 Å². The maximum absolute atomic E-state index is 5.69. The van der Waals surface area contributed by atoms with Crippen LogP contribution in [0.2, 0.25) is 0 Å². The van der Waals surface area contributed by atoms with Gasteiger partial charge in [-0.15, -0.1) is 0 Å². The molecule has 0 heterocycles. The van der Waals surface area contributed by atoms with Crippen LogP contribution in [0.3, 0.4) is 0 Å². The lowest BCUT2D eigenvalue weighted by Gasteiger charge is -2.16. The Hall–Kier alpha value is -0.910. The molecular formula is C17H21IN2. The Morgan fingerprint density at radius 3 is 2.50 bits per heavy atom. The first-order chi connectivity index (χ1) is 9.67. The van der Waals surface area contributed by atoms with Crippen LogP contribution in [0.25, 0.3) is 0 Å². The van der Waals surface area contributed by atoms with Gasteiger partial charge in [0.25, 0.3) is 0 Å². The van der Waals surface area contributed by atoms with Crippen LogP contribution in [0.15, 0.2) is 48.5 Å². The normalized spacial score (nSPS) is 12.3. The fraction of sp³-hybridized carbons (Fsp3) is 0.294. The molecule has 0 saturated carbocycles. The van der Waals surface area contributed by atoms with Crippen molar-refractivity contribution in [2.24, 2.45) is 5.84 Å². The second kappa shape index (κ2) is 7.76. The molecule has 0 aliphatic heterocycles. The molecule has 0 saturated heterocycles. The zero-order valence-electron chi connectivity index (χ0n) is 11.8. The third-order valence-electron chi connectivity index (χ3n) is 3.50. The summed E-state index contributed by atoms with van der Waals surface area (Å²) in [4.78, 5) is 0. The Morgan fingerprint density at radius 2 is 1.85 bits per heavy atom. The monoisotopic (exact) mass is 380 g/mol. The molecule has 2 rings (SSSR count). The van der Waals surface area contributed by atoms with Gasteiger partial charge in [0.15, 0.2) is 0 Å². The van der Waals surface area contributed by atoms with Crippen molar-refractivity contribution in [1.82, 2.24) is 5.43 Å². The molecule has 20 heavy (non-hydrogen) atoms. The molecule has 0 radical (unpaired) electrons. The number of hydrogen-bond donors (Lipinski definition) is 2. The maximum atomic E-state index is 5.69. The van der Waals surface area contributed by atoms with Crippen molar-refractivity contribution in [3.63, 3.8) is 0 Å². The molecule has 3 heteroatoms. The van der Waals surface area contributed by atoms with E-state index in [1.807, 2.05) is 0 Å². The Morgan fingerprint density at radius 1 is 1.10 bits per heavy atom. The van der Waals surface area contributed by atoms with E-state index in [0.29, 0.717) is 6.04 Å². The first kappa shape index (κ1) is 15.5. The van der Waals surface area contributed by atoms with Gasteiger partial charge in [0.2, 0.25) is 0 Å². The second-order valence-corrected chi connectivity index (χ2v) is 6.47. The van der Waals surface area contributed by atoms with E-state index in [9.17, 15) is 0 Å². The predicted molar refractivity (Wildman–Crippen MR) is 93.5 cm³/mol. The van der Waals surface area contributed by atoms with E-state index in [2.05, 4.69) is 83.5 Å². The summed E-state index contributed by atoms with van der Waals surface area (Å²) in [6.45, 7) is 2.13. The smallest absolute Gasteiger partial charge is 0.0254 e. The molecule has 2 aromatic rings. The zero-order chi connectivity index (χ0) is 14.4. The standard InChI is InChI=1S/C17H21IN2/c1-13-3-2-4-14(11-13)7-10-17(20-19)12-15-5-8-16(18)9-6-15/h2-6,8-9,11,17,20H,7,10,12,19H2,1H3. The summed E-state index contributed by atoms with van der Waals surface area (Å²) in [5.41, 5.74) is 6.98. The van der Waals surface area contributed by atoms with Crippen LogP contribution in [0.1, 0.15) is 23.1 Å². The van der Waals surface area contributed by atoms with Gasteiger partial charge in [0.05, 0.1) is 0 Å². The minimum atomic E-state index is 0.315. The van der Waals surface area contributed by atoms with Crippen molar-refractivity contribution in [2.45, 2.75) is 32.2 Å². The van der Waals surface area contributed by atoms with Crippen LogP contribution >= 0.6 is 22.6 Å². The molecule has 1 atom stereocenters. The molecule has 2 aromatic carbocycles. The van der Waals surface area contributed by atoms with Gasteiger partial charge in [-0.2, -0.15) is 0 Å². The highest BCUT2D eigenvalue weighted by Crippen LogP contribution is 2.12. The van der Waals surface area contributed by atoms with Crippen LogP contribution in [0.4, 0.5) is 0 Å². The van der Waals surface area contributed by atoms with Crippen molar-refractivity contribution >= 4 is 22.6 Å². The van der Waals surface area contributed by atoms with Gasteiger partial charge in [-0.1, -0.05) is 42.0 Å². The van der Waals surface area contributed by atoms with Crippen LogP contribution < -0.4 is 11.3 Å². The average Bonchev–Trinajstić information content (AvgIpc) is 2.45. The van der Waals surface area contributed by atoms with Gasteiger partial charge in [0, 0.05) is 9.61 Å². The number of hydrazine groups is 1. The largest absolute Gasteiger partial charge is 0.271 e. The van der Waals surface area contributed by atoms with Crippen molar-refractivity contribution in [3.05, 3.63) is 68.8 Å². The lowest BCUT2D eigenvalue weighted by atomic mass is 9.99. The lowest BCUT2D eigenvalue weighted by molar-refractivity contribution is 0.491. The van der Waals surface area contributed by atoms with Crippen LogP contribution in [0, 0.1) is 10.5 Å². The van der Waals surface area contributed by atoms with Gasteiger partial charge in [0.1, 0.15) is 0 Å². The summed E-state index contributed by atoms with van der Waals surface area (Å²) < 4.78 is 1.27. The highest BCUT2D eigenvalue weighted by atomic mass is 127. The first-order valence-electron chi connectivity index (χ1n) is 6.93. The van der Waals surface area contributed by atoms with E-state index in [1.54, 1.807) is 0 Å². The third kappa shape index (κ3) is 4.89. The Balaban J connectivity index is 1.90. The summed E-state index contributed by atoms with van der Waals surface area (Å²) in [5.74, 6) is 5.69. The predicted octanol–water partition coefficient (Wildman–Crippen LogP) is 3.61. The molecule has 0 fully saturated rings. The van der Waals surface area contributed by atoms with E-state index in [1.165, 1.54) is 20.3 Å². The number of aryl methyl sites for hydroxylation is 2. The van der Waals surface area contributed by atoms with E-state index in [-0.39, 0.29) is 0 Å². The Labute approximate surface area is 134 Å². The first-order valence-corrected chi connectivity index (χ1v) is 8.01. The second-order valence-electron chi connectivity index (χ2n) is 5.22. The number of rotatable bonds is 6. The summed E-state index contributed by atoms with van der Waals surface area (Å²) >= 11 is 2.33. The fourth-order valence-corrected chi connectivity index (χ4v) is 2.72. The Bertz CT molecular complexity index is 537. The fourth-order valence-electron chi connectivity index (χ4n) is 2.36. The average molecular weight is 380 g/mol. The van der Waals surface area contributed by atoms with Gasteiger partial charge in [-0.05, 0) is 72.0 Å². The number of halogens is 1. The molecule has 0 bridgehead atoms. The van der Waals surface area contributed by atoms with Gasteiger partial charge >= 0.3 is 0 Å². The maximum Gasteiger partial charge on any atom is 0.0254 e.